The van der Waals surface area contributed by atoms with E-state index in [0.717, 1.165) is 36.0 Å². The zero-order valence-electron chi connectivity index (χ0n) is 10.9. The summed E-state index contributed by atoms with van der Waals surface area (Å²) in [6.45, 7) is 3.77. The number of ether oxygens (including phenoxy) is 1. The maximum atomic E-state index is 5.54. The third-order valence-corrected chi connectivity index (χ3v) is 4.27. The average Bonchev–Trinajstić information content (AvgIpc) is 3.06. The number of pyridine rings is 1. The van der Waals surface area contributed by atoms with Gasteiger partial charge < -0.3 is 10.1 Å². The van der Waals surface area contributed by atoms with E-state index in [1.165, 1.54) is 0 Å². The first-order chi connectivity index (χ1) is 9.33. The molecule has 0 amide bonds. The van der Waals surface area contributed by atoms with Crippen molar-refractivity contribution in [2.24, 2.45) is 0 Å². The van der Waals surface area contributed by atoms with Gasteiger partial charge in [-0.3, -0.25) is 4.98 Å². The third kappa shape index (κ3) is 3.00. The van der Waals surface area contributed by atoms with Crippen LogP contribution in [0.4, 0.5) is 0 Å². The van der Waals surface area contributed by atoms with Gasteiger partial charge in [0, 0.05) is 30.8 Å². The van der Waals surface area contributed by atoms with E-state index in [2.05, 4.69) is 27.6 Å². The molecular formula is C14H17N3OS. The quantitative estimate of drug-likeness (QED) is 0.931. The first-order valence-electron chi connectivity index (χ1n) is 6.54. The average molecular weight is 275 g/mol. The zero-order valence-corrected chi connectivity index (χ0v) is 11.7. The van der Waals surface area contributed by atoms with Crippen LogP contribution >= 0.6 is 11.3 Å². The fourth-order valence-corrected chi connectivity index (χ4v) is 3.03. The van der Waals surface area contributed by atoms with Crippen LogP contribution in [0.1, 0.15) is 19.0 Å². The first kappa shape index (κ1) is 12.7. The number of rotatable bonds is 4. The fraction of sp³-hybridized carbons (Fsp3) is 0.429. The molecule has 2 aromatic rings. The van der Waals surface area contributed by atoms with Crippen LogP contribution in [-0.2, 0) is 11.3 Å². The van der Waals surface area contributed by atoms with Gasteiger partial charge >= 0.3 is 0 Å². The molecule has 3 heterocycles. The van der Waals surface area contributed by atoms with E-state index < -0.39 is 0 Å². The Morgan fingerprint density at radius 1 is 1.47 bits per heavy atom. The molecule has 1 fully saturated rings. The molecule has 1 aliphatic rings. The van der Waals surface area contributed by atoms with Crippen LogP contribution in [0.2, 0.25) is 0 Å². The summed E-state index contributed by atoms with van der Waals surface area (Å²) in [5, 5.41) is 6.59. The van der Waals surface area contributed by atoms with Crippen molar-refractivity contribution >= 4 is 11.3 Å². The predicted molar refractivity (Wildman–Crippen MR) is 76.0 cm³/mol. The highest BCUT2D eigenvalue weighted by Crippen LogP contribution is 2.21. The highest BCUT2D eigenvalue weighted by atomic mass is 32.1. The Hall–Kier alpha value is -1.30. The molecule has 0 bridgehead atoms. The van der Waals surface area contributed by atoms with Gasteiger partial charge in [-0.15, -0.1) is 11.3 Å². The van der Waals surface area contributed by atoms with E-state index in [1.807, 2.05) is 18.2 Å². The molecule has 5 heteroatoms. The molecule has 0 saturated carbocycles. The molecule has 2 unspecified atom stereocenters. The molecule has 1 saturated heterocycles. The van der Waals surface area contributed by atoms with Crippen molar-refractivity contribution in [1.82, 2.24) is 15.3 Å². The van der Waals surface area contributed by atoms with Crippen LogP contribution in [0.15, 0.2) is 29.8 Å². The minimum atomic E-state index is 0.300. The van der Waals surface area contributed by atoms with Crippen LogP contribution in [0.25, 0.3) is 10.7 Å². The molecule has 2 aromatic heterocycles. The molecule has 2 atom stereocenters. The smallest absolute Gasteiger partial charge is 0.142 e. The monoisotopic (exact) mass is 275 g/mol. The lowest BCUT2D eigenvalue weighted by Gasteiger charge is -2.14. The Bertz CT molecular complexity index is 528. The van der Waals surface area contributed by atoms with Gasteiger partial charge in [0.15, 0.2) is 0 Å². The van der Waals surface area contributed by atoms with Gasteiger partial charge in [0.2, 0.25) is 0 Å². The third-order valence-electron chi connectivity index (χ3n) is 3.36. The lowest BCUT2D eigenvalue weighted by molar-refractivity contribution is 0.113. The van der Waals surface area contributed by atoms with Gasteiger partial charge in [-0.1, -0.05) is 6.07 Å². The molecule has 100 valence electrons. The normalized spacial score (nSPS) is 22.8. The Labute approximate surface area is 116 Å². The summed E-state index contributed by atoms with van der Waals surface area (Å²) >= 11 is 1.64. The van der Waals surface area contributed by atoms with Crippen LogP contribution in [0.5, 0.6) is 0 Å². The Morgan fingerprint density at radius 2 is 2.42 bits per heavy atom. The summed E-state index contributed by atoms with van der Waals surface area (Å²) in [6, 6.07) is 6.34. The maximum absolute atomic E-state index is 5.54. The minimum absolute atomic E-state index is 0.300. The lowest BCUT2D eigenvalue weighted by atomic mass is 10.1. The van der Waals surface area contributed by atoms with Crippen LogP contribution in [0, 0.1) is 0 Å². The molecule has 0 spiro atoms. The Balaban J connectivity index is 1.62. The molecule has 3 rings (SSSR count). The lowest BCUT2D eigenvalue weighted by Crippen LogP contribution is -2.34. The summed E-state index contributed by atoms with van der Waals surface area (Å²) in [7, 11) is 0. The number of hydrogen-bond acceptors (Lipinski definition) is 5. The summed E-state index contributed by atoms with van der Waals surface area (Å²) < 4.78 is 5.54. The van der Waals surface area contributed by atoms with Crippen LogP contribution in [0.3, 0.4) is 0 Å². The second-order valence-corrected chi connectivity index (χ2v) is 5.57. The maximum Gasteiger partial charge on any atom is 0.142 e. The van der Waals surface area contributed by atoms with Gasteiger partial charge in [0.1, 0.15) is 5.01 Å². The summed E-state index contributed by atoms with van der Waals surface area (Å²) in [4.78, 5) is 8.94. The van der Waals surface area contributed by atoms with Crippen molar-refractivity contribution in [3.8, 4) is 10.7 Å². The summed E-state index contributed by atoms with van der Waals surface area (Å²) in [6.07, 6.45) is 3.18. The van der Waals surface area contributed by atoms with Gasteiger partial charge in [-0.25, -0.2) is 4.98 Å². The number of thiazole rings is 1. The van der Waals surface area contributed by atoms with E-state index in [0.29, 0.717) is 12.1 Å². The summed E-state index contributed by atoms with van der Waals surface area (Å²) in [5.41, 5.74) is 2.01. The molecule has 1 N–H and O–H groups in total. The number of hydrogen-bond donors (Lipinski definition) is 1. The van der Waals surface area contributed by atoms with Crippen LogP contribution < -0.4 is 5.32 Å². The SMILES string of the molecule is CC1OCCC1NCc1csc(-c2ccccn2)n1. The van der Waals surface area contributed by atoms with Crippen molar-refractivity contribution in [1.29, 1.82) is 0 Å². The Kier molecular flexibility index (Phi) is 3.87. The van der Waals surface area contributed by atoms with Crippen LogP contribution in [-0.4, -0.2) is 28.7 Å². The molecule has 1 aliphatic heterocycles. The largest absolute Gasteiger partial charge is 0.377 e. The van der Waals surface area contributed by atoms with Gasteiger partial charge in [0.05, 0.1) is 17.5 Å². The van der Waals surface area contributed by atoms with E-state index in [-0.39, 0.29) is 0 Å². The van der Waals surface area contributed by atoms with E-state index >= 15 is 0 Å². The van der Waals surface area contributed by atoms with E-state index in [4.69, 9.17) is 4.74 Å². The zero-order chi connectivity index (χ0) is 13.1. The van der Waals surface area contributed by atoms with E-state index in [9.17, 15) is 0 Å². The highest BCUT2D eigenvalue weighted by molar-refractivity contribution is 7.13. The number of aromatic nitrogens is 2. The van der Waals surface area contributed by atoms with Crippen molar-refractivity contribution in [3.05, 3.63) is 35.5 Å². The van der Waals surface area contributed by atoms with Crippen molar-refractivity contribution < 1.29 is 4.74 Å². The fourth-order valence-electron chi connectivity index (χ4n) is 2.23. The predicted octanol–water partition coefficient (Wildman–Crippen LogP) is 2.47. The van der Waals surface area contributed by atoms with E-state index in [1.54, 1.807) is 17.5 Å². The first-order valence-corrected chi connectivity index (χ1v) is 7.41. The van der Waals surface area contributed by atoms with Gasteiger partial charge in [-0.05, 0) is 25.5 Å². The summed E-state index contributed by atoms with van der Waals surface area (Å²) in [5.74, 6) is 0. The standard InChI is InChI=1S/C14H17N3OS/c1-10-12(5-7-18-10)16-8-11-9-19-14(17-11)13-4-2-3-6-15-13/h2-4,6,9-10,12,16H,5,7-8H2,1H3. The number of nitrogens with zero attached hydrogens (tertiary/aromatic N) is 2. The molecule has 0 radical (unpaired) electrons. The Morgan fingerprint density at radius 3 is 3.16 bits per heavy atom. The van der Waals surface area contributed by atoms with Crippen molar-refractivity contribution in [2.75, 3.05) is 6.61 Å². The van der Waals surface area contributed by atoms with Gasteiger partial charge in [-0.2, -0.15) is 0 Å². The second-order valence-electron chi connectivity index (χ2n) is 4.71. The molecule has 0 aromatic carbocycles. The minimum Gasteiger partial charge on any atom is -0.377 e. The second kappa shape index (κ2) is 5.77. The topological polar surface area (TPSA) is 47.0 Å². The number of nitrogens with one attached hydrogen (secondary N) is 1. The molecular weight excluding hydrogens is 258 g/mol. The van der Waals surface area contributed by atoms with Crippen molar-refractivity contribution in [2.45, 2.75) is 32.0 Å². The molecule has 19 heavy (non-hydrogen) atoms. The molecule has 0 aliphatic carbocycles. The van der Waals surface area contributed by atoms with Gasteiger partial charge in [0.25, 0.3) is 0 Å². The molecule has 4 nitrogen and oxygen atoms in total. The highest BCUT2D eigenvalue weighted by Gasteiger charge is 2.23. The van der Waals surface area contributed by atoms with Crippen molar-refractivity contribution in [3.63, 3.8) is 0 Å².